The number of hydrogen-bond donors (Lipinski definition) is 1. The standard InChI is InChI=1S/C24H25N3O5/c1-15-8-7-10-20(23(24(28)29)27-30-4)21(15)14-31-17(3)26-32-16(2)18-12-13-25-22-11-6-5-9-19(18)22/h5-13,16H,14H2,1-4H3,(H,28,29)/b26-17+,27-23+. The number of carbonyl (C=O) groups is 1. The van der Waals surface area contributed by atoms with Gasteiger partial charge in [0, 0.05) is 35.2 Å². The van der Waals surface area contributed by atoms with Gasteiger partial charge in [-0.15, -0.1) is 0 Å². The summed E-state index contributed by atoms with van der Waals surface area (Å²) in [5.41, 5.74) is 3.61. The van der Waals surface area contributed by atoms with Gasteiger partial charge in [0.2, 0.25) is 5.90 Å². The number of rotatable bonds is 8. The molecule has 32 heavy (non-hydrogen) atoms. The Morgan fingerprint density at radius 1 is 1.12 bits per heavy atom. The molecule has 1 heterocycles. The van der Waals surface area contributed by atoms with E-state index in [4.69, 9.17) is 14.4 Å². The average Bonchev–Trinajstić information content (AvgIpc) is 2.79. The summed E-state index contributed by atoms with van der Waals surface area (Å²) < 4.78 is 5.76. The number of ether oxygens (including phenoxy) is 1. The number of carboxylic acids is 1. The summed E-state index contributed by atoms with van der Waals surface area (Å²) in [6.07, 6.45) is 1.43. The molecule has 0 fully saturated rings. The summed E-state index contributed by atoms with van der Waals surface area (Å²) in [7, 11) is 1.30. The monoisotopic (exact) mass is 435 g/mol. The fraction of sp³-hybridized carbons (Fsp3) is 0.250. The van der Waals surface area contributed by atoms with Crippen LogP contribution in [0.25, 0.3) is 10.9 Å². The number of para-hydroxylation sites is 1. The van der Waals surface area contributed by atoms with E-state index in [1.54, 1.807) is 25.3 Å². The number of aliphatic carboxylic acids is 1. The second kappa shape index (κ2) is 10.4. The summed E-state index contributed by atoms with van der Waals surface area (Å²) >= 11 is 0. The highest BCUT2D eigenvalue weighted by Gasteiger charge is 2.19. The molecular weight excluding hydrogens is 410 g/mol. The highest BCUT2D eigenvalue weighted by atomic mass is 16.7. The highest BCUT2D eigenvalue weighted by molar-refractivity contribution is 6.42. The topological polar surface area (TPSA) is 103 Å². The molecular formula is C24H25N3O5. The van der Waals surface area contributed by atoms with Gasteiger partial charge < -0.3 is 19.5 Å². The largest absolute Gasteiger partial charge is 0.476 e. The molecule has 1 aromatic heterocycles. The summed E-state index contributed by atoms with van der Waals surface area (Å²) in [6, 6.07) is 15.0. The van der Waals surface area contributed by atoms with Gasteiger partial charge >= 0.3 is 5.97 Å². The zero-order valence-electron chi connectivity index (χ0n) is 18.4. The highest BCUT2D eigenvalue weighted by Crippen LogP contribution is 2.25. The van der Waals surface area contributed by atoms with Crippen LogP contribution in [0.15, 0.2) is 65.0 Å². The zero-order chi connectivity index (χ0) is 23.1. The second-order valence-corrected chi connectivity index (χ2v) is 7.09. The molecule has 8 nitrogen and oxygen atoms in total. The van der Waals surface area contributed by atoms with Crippen molar-refractivity contribution in [1.29, 1.82) is 0 Å². The van der Waals surface area contributed by atoms with Crippen molar-refractivity contribution in [2.75, 3.05) is 7.11 Å². The molecule has 166 valence electrons. The van der Waals surface area contributed by atoms with Crippen LogP contribution in [0.2, 0.25) is 0 Å². The minimum Gasteiger partial charge on any atom is -0.476 e. The molecule has 0 bridgehead atoms. The number of oxime groups is 2. The molecule has 0 aliphatic rings. The van der Waals surface area contributed by atoms with Crippen molar-refractivity contribution < 1.29 is 24.3 Å². The van der Waals surface area contributed by atoms with Crippen molar-refractivity contribution in [3.8, 4) is 0 Å². The Labute approximate surface area is 186 Å². The molecule has 0 aliphatic carbocycles. The zero-order valence-corrected chi connectivity index (χ0v) is 18.4. The molecule has 1 atom stereocenters. The third-order valence-corrected chi connectivity index (χ3v) is 4.94. The number of nitrogens with zero attached hydrogens (tertiary/aromatic N) is 3. The van der Waals surface area contributed by atoms with E-state index in [0.717, 1.165) is 22.0 Å². The first-order valence-electron chi connectivity index (χ1n) is 10.0. The summed E-state index contributed by atoms with van der Waals surface area (Å²) in [4.78, 5) is 26.3. The predicted octanol–water partition coefficient (Wildman–Crippen LogP) is 4.61. The summed E-state index contributed by atoms with van der Waals surface area (Å²) in [5, 5.41) is 18.2. The van der Waals surface area contributed by atoms with Gasteiger partial charge in [-0.3, -0.25) is 4.98 Å². The third-order valence-electron chi connectivity index (χ3n) is 4.94. The normalized spacial score (nSPS) is 13.0. The summed E-state index contributed by atoms with van der Waals surface area (Å²) in [5.74, 6) is -0.879. The number of fused-ring (bicyclic) bond motifs is 1. The SMILES string of the molecule is CO/N=C(/C(=O)O)c1cccc(C)c1CO/C(C)=N/OC(C)c1ccnc2ccccc12. The molecule has 0 saturated carbocycles. The first-order valence-corrected chi connectivity index (χ1v) is 10.0. The van der Waals surface area contributed by atoms with Gasteiger partial charge in [-0.05, 0) is 31.5 Å². The lowest BCUT2D eigenvalue weighted by Gasteiger charge is -2.15. The van der Waals surface area contributed by atoms with Crippen LogP contribution in [0.1, 0.15) is 42.2 Å². The van der Waals surface area contributed by atoms with E-state index in [0.29, 0.717) is 17.0 Å². The molecule has 0 saturated heterocycles. The van der Waals surface area contributed by atoms with Gasteiger partial charge in [-0.1, -0.05) is 46.7 Å². The molecule has 1 unspecified atom stereocenters. The van der Waals surface area contributed by atoms with Crippen LogP contribution in [0.5, 0.6) is 0 Å². The van der Waals surface area contributed by atoms with E-state index in [-0.39, 0.29) is 18.4 Å². The van der Waals surface area contributed by atoms with Crippen LogP contribution >= 0.6 is 0 Å². The van der Waals surface area contributed by atoms with Crippen molar-refractivity contribution in [3.63, 3.8) is 0 Å². The number of aromatic nitrogens is 1. The molecule has 0 amide bonds. The molecule has 2 aromatic carbocycles. The maximum absolute atomic E-state index is 11.6. The number of hydrogen-bond acceptors (Lipinski definition) is 7. The third kappa shape index (κ3) is 5.21. The van der Waals surface area contributed by atoms with Gasteiger partial charge in [-0.25, -0.2) is 4.79 Å². The van der Waals surface area contributed by atoms with Crippen molar-refractivity contribution >= 4 is 28.5 Å². The number of carboxylic acid groups (broad SMARTS) is 1. The Hall–Kier alpha value is -3.94. The van der Waals surface area contributed by atoms with Crippen molar-refractivity contribution in [3.05, 3.63) is 77.0 Å². The lowest BCUT2D eigenvalue weighted by molar-refractivity contribution is -0.129. The van der Waals surface area contributed by atoms with E-state index in [9.17, 15) is 9.90 Å². The van der Waals surface area contributed by atoms with Crippen molar-refractivity contribution in [1.82, 2.24) is 4.98 Å². The average molecular weight is 435 g/mol. The predicted molar refractivity (Wildman–Crippen MR) is 122 cm³/mol. The number of aryl methyl sites for hydroxylation is 1. The maximum Gasteiger partial charge on any atom is 0.358 e. The first kappa shape index (κ1) is 22.7. The van der Waals surface area contributed by atoms with E-state index in [1.807, 2.05) is 50.2 Å². The lowest BCUT2D eigenvalue weighted by atomic mass is 9.99. The molecule has 8 heteroatoms. The van der Waals surface area contributed by atoms with Gasteiger partial charge in [0.05, 0.1) is 5.52 Å². The minimum absolute atomic E-state index is 0.100. The van der Waals surface area contributed by atoms with E-state index in [2.05, 4.69) is 15.3 Å². The van der Waals surface area contributed by atoms with Crippen LogP contribution in [0, 0.1) is 6.92 Å². The molecule has 1 N–H and O–H groups in total. The van der Waals surface area contributed by atoms with Crippen molar-refractivity contribution in [2.24, 2.45) is 10.3 Å². The maximum atomic E-state index is 11.6. The summed E-state index contributed by atoms with van der Waals surface area (Å²) in [6.45, 7) is 5.55. The van der Waals surface area contributed by atoms with Crippen LogP contribution in [-0.2, 0) is 25.8 Å². The Morgan fingerprint density at radius 3 is 2.66 bits per heavy atom. The molecule has 0 radical (unpaired) electrons. The van der Waals surface area contributed by atoms with Crippen molar-refractivity contribution in [2.45, 2.75) is 33.5 Å². The molecule has 0 aliphatic heterocycles. The first-order chi connectivity index (χ1) is 15.4. The van der Waals surface area contributed by atoms with Gasteiger partial charge in [-0.2, -0.15) is 0 Å². The number of benzene rings is 2. The van der Waals surface area contributed by atoms with Crippen LogP contribution in [-0.4, -0.2) is 34.8 Å². The molecule has 3 aromatic rings. The van der Waals surface area contributed by atoms with Crippen LogP contribution in [0.3, 0.4) is 0 Å². The van der Waals surface area contributed by atoms with Gasteiger partial charge in [0.1, 0.15) is 13.7 Å². The molecule has 0 spiro atoms. The van der Waals surface area contributed by atoms with E-state index in [1.165, 1.54) is 7.11 Å². The van der Waals surface area contributed by atoms with Gasteiger partial charge in [0.15, 0.2) is 11.8 Å². The second-order valence-electron chi connectivity index (χ2n) is 7.09. The minimum atomic E-state index is -1.19. The van der Waals surface area contributed by atoms with E-state index >= 15 is 0 Å². The Balaban J connectivity index is 1.74. The Kier molecular flexibility index (Phi) is 7.38. The fourth-order valence-corrected chi connectivity index (χ4v) is 3.30. The fourth-order valence-electron chi connectivity index (χ4n) is 3.30. The van der Waals surface area contributed by atoms with Crippen LogP contribution in [0.4, 0.5) is 0 Å². The quantitative estimate of drug-likeness (QED) is 0.315. The van der Waals surface area contributed by atoms with Crippen LogP contribution < -0.4 is 0 Å². The Morgan fingerprint density at radius 2 is 1.91 bits per heavy atom. The Bertz CT molecular complexity index is 1170. The smallest absolute Gasteiger partial charge is 0.358 e. The number of pyridine rings is 1. The lowest BCUT2D eigenvalue weighted by Crippen LogP contribution is -2.18. The molecule has 3 rings (SSSR count). The van der Waals surface area contributed by atoms with E-state index < -0.39 is 5.97 Å². The van der Waals surface area contributed by atoms with Gasteiger partial charge in [0.25, 0.3) is 0 Å².